The van der Waals surface area contributed by atoms with Gasteiger partial charge in [-0.15, -0.1) is 0 Å². The largest absolute Gasteiger partial charge is 0.273 e. The van der Waals surface area contributed by atoms with Crippen LogP contribution >= 0.6 is 0 Å². The molecule has 8 nitrogen and oxygen atoms in total. The quantitative estimate of drug-likeness (QED) is 0.479. The fraction of sp³-hybridized carbons (Fsp3) is 0.167. The number of nitrogens with zero attached hydrogens (tertiary/aromatic N) is 4. The van der Waals surface area contributed by atoms with Gasteiger partial charge in [-0.05, 0) is 25.1 Å². The molecule has 3 aromatic rings. The molecule has 0 saturated carbocycles. The van der Waals surface area contributed by atoms with Crippen LogP contribution in [-0.4, -0.2) is 34.5 Å². The fourth-order valence-corrected chi connectivity index (χ4v) is 3.81. The number of benzene rings is 2. The average Bonchev–Trinajstić information content (AvgIpc) is 3.11. The van der Waals surface area contributed by atoms with Gasteiger partial charge in [0.1, 0.15) is 0 Å². The fourth-order valence-electron chi connectivity index (χ4n) is 2.63. The zero-order valence-electron chi connectivity index (χ0n) is 14.8. The first-order chi connectivity index (χ1) is 12.8. The second-order valence-electron chi connectivity index (χ2n) is 6.10. The lowest BCUT2D eigenvalue weighted by atomic mass is 10.2. The van der Waals surface area contributed by atoms with Gasteiger partial charge in [0.25, 0.3) is 5.69 Å². The van der Waals surface area contributed by atoms with Crippen molar-refractivity contribution in [2.45, 2.75) is 18.4 Å². The molecule has 0 atom stereocenters. The first-order valence-corrected chi connectivity index (χ1v) is 9.53. The summed E-state index contributed by atoms with van der Waals surface area (Å²) in [6.07, 6.45) is 3.34. The average molecular weight is 386 g/mol. The number of nitro benzene ring substituents is 1. The number of hydrogen-bond donors (Lipinski definition) is 0. The molecule has 140 valence electrons. The number of rotatable bonds is 6. The smallest absolute Gasteiger partial charge is 0.258 e. The van der Waals surface area contributed by atoms with E-state index in [4.69, 9.17) is 0 Å². The van der Waals surface area contributed by atoms with Crippen LogP contribution in [-0.2, 0) is 16.6 Å². The molecule has 1 heterocycles. The maximum absolute atomic E-state index is 12.8. The van der Waals surface area contributed by atoms with Crippen molar-refractivity contribution in [2.24, 2.45) is 0 Å². The summed E-state index contributed by atoms with van der Waals surface area (Å²) in [5.74, 6) is 0. The standard InChI is InChI=1S/C18H18N4O4S/c1-14-8-9-17(10-18(14)22(23)24)27(25,26)20(2)12-15-11-19-21(13-15)16-6-4-3-5-7-16/h3-11,13H,12H2,1-2H3. The second kappa shape index (κ2) is 7.29. The normalized spacial score (nSPS) is 11.7. The number of nitro groups is 1. The molecule has 0 fully saturated rings. The Morgan fingerprint density at radius 3 is 2.56 bits per heavy atom. The van der Waals surface area contributed by atoms with E-state index in [1.807, 2.05) is 30.3 Å². The summed E-state index contributed by atoms with van der Waals surface area (Å²) in [6.45, 7) is 1.66. The highest BCUT2D eigenvalue weighted by Gasteiger charge is 2.24. The topological polar surface area (TPSA) is 98.3 Å². The molecule has 0 aliphatic rings. The molecule has 0 bridgehead atoms. The summed E-state index contributed by atoms with van der Waals surface area (Å²) in [6, 6.07) is 13.4. The van der Waals surface area contributed by atoms with Crippen molar-refractivity contribution in [2.75, 3.05) is 7.05 Å². The molecule has 27 heavy (non-hydrogen) atoms. The number of para-hydroxylation sites is 1. The van der Waals surface area contributed by atoms with Crippen LogP contribution in [0.4, 0.5) is 5.69 Å². The Morgan fingerprint density at radius 1 is 1.19 bits per heavy atom. The molecule has 0 aliphatic heterocycles. The van der Waals surface area contributed by atoms with Gasteiger partial charge < -0.3 is 0 Å². The van der Waals surface area contributed by atoms with Crippen LogP contribution in [0.25, 0.3) is 5.69 Å². The minimum Gasteiger partial charge on any atom is -0.258 e. The Balaban J connectivity index is 1.83. The predicted molar refractivity (Wildman–Crippen MR) is 100 cm³/mol. The molecule has 2 aromatic carbocycles. The zero-order valence-corrected chi connectivity index (χ0v) is 15.6. The number of aryl methyl sites for hydroxylation is 1. The Labute approximate surface area is 156 Å². The molecule has 0 N–H and O–H groups in total. The van der Waals surface area contributed by atoms with Crippen LogP contribution in [0.1, 0.15) is 11.1 Å². The highest BCUT2D eigenvalue weighted by molar-refractivity contribution is 7.89. The minimum atomic E-state index is -3.87. The Kier molecular flexibility index (Phi) is 5.06. The van der Waals surface area contributed by atoms with Crippen molar-refractivity contribution in [3.8, 4) is 5.69 Å². The van der Waals surface area contributed by atoms with Crippen LogP contribution in [0.2, 0.25) is 0 Å². The predicted octanol–water partition coefficient (Wildman–Crippen LogP) is 2.91. The van der Waals surface area contributed by atoms with E-state index in [9.17, 15) is 18.5 Å². The van der Waals surface area contributed by atoms with Crippen molar-refractivity contribution in [3.05, 3.63) is 82.2 Å². The van der Waals surface area contributed by atoms with E-state index >= 15 is 0 Å². The van der Waals surface area contributed by atoms with Gasteiger partial charge in [0.15, 0.2) is 0 Å². The lowest BCUT2D eigenvalue weighted by molar-refractivity contribution is -0.385. The Morgan fingerprint density at radius 2 is 1.89 bits per heavy atom. The van der Waals surface area contributed by atoms with E-state index in [1.165, 1.54) is 19.2 Å². The van der Waals surface area contributed by atoms with Gasteiger partial charge in [-0.2, -0.15) is 9.40 Å². The second-order valence-corrected chi connectivity index (χ2v) is 8.14. The van der Waals surface area contributed by atoms with Crippen LogP contribution in [0.15, 0.2) is 65.8 Å². The van der Waals surface area contributed by atoms with Crippen LogP contribution < -0.4 is 0 Å². The van der Waals surface area contributed by atoms with Gasteiger partial charge in [-0.3, -0.25) is 10.1 Å². The molecule has 3 rings (SSSR count). The summed E-state index contributed by atoms with van der Waals surface area (Å²) in [4.78, 5) is 10.4. The van der Waals surface area contributed by atoms with Crippen LogP contribution in [0.5, 0.6) is 0 Å². The number of sulfonamides is 1. The first-order valence-electron chi connectivity index (χ1n) is 8.09. The van der Waals surface area contributed by atoms with Crippen molar-refractivity contribution in [1.29, 1.82) is 0 Å². The number of hydrogen-bond acceptors (Lipinski definition) is 5. The third-order valence-electron chi connectivity index (χ3n) is 4.15. The van der Waals surface area contributed by atoms with Gasteiger partial charge >= 0.3 is 0 Å². The molecule has 0 spiro atoms. The lowest BCUT2D eigenvalue weighted by Crippen LogP contribution is -2.26. The van der Waals surface area contributed by atoms with Gasteiger partial charge in [-0.25, -0.2) is 13.1 Å². The molecular formula is C18H18N4O4S. The monoisotopic (exact) mass is 386 g/mol. The highest BCUT2D eigenvalue weighted by Crippen LogP contribution is 2.24. The maximum atomic E-state index is 12.8. The van der Waals surface area contributed by atoms with E-state index in [0.29, 0.717) is 11.1 Å². The van der Waals surface area contributed by atoms with Gasteiger partial charge in [0, 0.05) is 37.0 Å². The first kappa shape index (κ1) is 18.7. The highest BCUT2D eigenvalue weighted by atomic mass is 32.2. The van der Waals surface area contributed by atoms with Crippen molar-refractivity contribution in [1.82, 2.24) is 14.1 Å². The van der Waals surface area contributed by atoms with Crippen molar-refractivity contribution >= 4 is 15.7 Å². The molecule has 9 heteroatoms. The van der Waals surface area contributed by atoms with Gasteiger partial charge in [0.05, 0.1) is 21.7 Å². The Hall–Kier alpha value is -3.04. The van der Waals surface area contributed by atoms with Crippen LogP contribution in [0.3, 0.4) is 0 Å². The zero-order chi connectivity index (χ0) is 19.6. The summed E-state index contributed by atoms with van der Waals surface area (Å²) in [7, 11) is -2.44. The summed E-state index contributed by atoms with van der Waals surface area (Å²) in [5.41, 5.74) is 1.75. The molecule has 0 radical (unpaired) electrons. The van der Waals surface area contributed by atoms with Crippen molar-refractivity contribution < 1.29 is 13.3 Å². The molecular weight excluding hydrogens is 368 g/mol. The molecule has 0 aliphatic carbocycles. The summed E-state index contributed by atoms with van der Waals surface area (Å²) in [5, 5.41) is 15.3. The molecule has 0 amide bonds. The van der Waals surface area contributed by atoms with E-state index in [0.717, 1.165) is 16.1 Å². The summed E-state index contributed by atoms with van der Waals surface area (Å²) < 4.78 is 28.4. The molecule has 0 unspecified atom stereocenters. The van der Waals surface area contributed by atoms with Crippen molar-refractivity contribution in [3.63, 3.8) is 0 Å². The van der Waals surface area contributed by atoms with Crippen LogP contribution in [0, 0.1) is 17.0 Å². The lowest BCUT2D eigenvalue weighted by Gasteiger charge is -2.16. The third-order valence-corrected chi connectivity index (χ3v) is 5.95. The minimum absolute atomic E-state index is 0.0941. The number of aromatic nitrogens is 2. The van der Waals surface area contributed by atoms with Gasteiger partial charge in [-0.1, -0.05) is 24.3 Å². The van der Waals surface area contributed by atoms with Gasteiger partial charge in [0.2, 0.25) is 10.0 Å². The van der Waals surface area contributed by atoms with E-state index in [2.05, 4.69) is 5.10 Å². The van der Waals surface area contributed by atoms with E-state index in [-0.39, 0.29) is 17.1 Å². The third kappa shape index (κ3) is 3.88. The maximum Gasteiger partial charge on any atom is 0.273 e. The Bertz CT molecular complexity index is 1080. The molecule has 1 aromatic heterocycles. The summed E-state index contributed by atoms with van der Waals surface area (Å²) >= 11 is 0. The molecule has 0 saturated heterocycles. The van der Waals surface area contributed by atoms with E-state index < -0.39 is 14.9 Å². The SMILES string of the molecule is Cc1ccc(S(=O)(=O)N(C)Cc2cnn(-c3ccccc3)c2)cc1[N+](=O)[O-]. The van der Waals surface area contributed by atoms with E-state index in [1.54, 1.807) is 24.0 Å².